The van der Waals surface area contributed by atoms with Gasteiger partial charge in [-0.2, -0.15) is 0 Å². The Morgan fingerprint density at radius 3 is 3.14 bits per heavy atom. The first-order valence-corrected chi connectivity index (χ1v) is 5.38. The third kappa shape index (κ3) is 2.13. The highest BCUT2D eigenvalue weighted by Gasteiger charge is 2.15. The average Bonchev–Trinajstić information content (AvgIpc) is 2.68. The molecular formula is C10H18N4. The Hall–Kier alpha value is -0.870. The lowest BCUT2D eigenvalue weighted by atomic mass is 10.2. The summed E-state index contributed by atoms with van der Waals surface area (Å²) in [4.78, 5) is 7.73. The number of piperazine rings is 1. The second kappa shape index (κ2) is 4.57. The minimum absolute atomic E-state index is 0.404. The summed E-state index contributed by atoms with van der Waals surface area (Å²) in [6, 6.07) is 0.404. The predicted octanol–water partition coefficient (Wildman–Crippen LogP) is 0.596. The third-order valence-electron chi connectivity index (χ3n) is 2.55. The van der Waals surface area contributed by atoms with E-state index in [4.69, 9.17) is 0 Å². The minimum Gasteiger partial charge on any atom is -0.345 e. The topological polar surface area (TPSA) is 52.7 Å². The van der Waals surface area contributed by atoms with E-state index in [1.54, 1.807) is 0 Å². The number of nitrogens with zero attached hydrogens (tertiary/aromatic N) is 1. The van der Waals surface area contributed by atoms with Crippen LogP contribution in [-0.4, -0.2) is 29.6 Å². The molecule has 2 rings (SSSR count). The van der Waals surface area contributed by atoms with Crippen LogP contribution < -0.4 is 10.6 Å². The molecule has 0 bridgehead atoms. The van der Waals surface area contributed by atoms with Crippen LogP contribution in [0.2, 0.25) is 0 Å². The van der Waals surface area contributed by atoms with Gasteiger partial charge in [-0.1, -0.05) is 6.92 Å². The van der Waals surface area contributed by atoms with Crippen molar-refractivity contribution < 1.29 is 0 Å². The van der Waals surface area contributed by atoms with Crippen molar-refractivity contribution in [2.24, 2.45) is 0 Å². The van der Waals surface area contributed by atoms with Crippen LogP contribution in [0.15, 0.2) is 6.20 Å². The van der Waals surface area contributed by atoms with E-state index in [0.29, 0.717) is 6.04 Å². The van der Waals surface area contributed by atoms with Crippen molar-refractivity contribution in [3.8, 4) is 0 Å². The first-order valence-electron chi connectivity index (χ1n) is 5.38. The van der Waals surface area contributed by atoms with Crippen molar-refractivity contribution in [3.05, 3.63) is 17.7 Å². The molecule has 78 valence electrons. The van der Waals surface area contributed by atoms with Gasteiger partial charge in [0, 0.05) is 32.3 Å². The molecule has 0 aliphatic carbocycles. The molecule has 1 atom stereocenters. The van der Waals surface area contributed by atoms with Gasteiger partial charge in [-0.3, -0.25) is 0 Å². The molecule has 1 fully saturated rings. The van der Waals surface area contributed by atoms with E-state index < -0.39 is 0 Å². The molecule has 1 aromatic rings. The van der Waals surface area contributed by atoms with E-state index in [-0.39, 0.29) is 0 Å². The van der Waals surface area contributed by atoms with Gasteiger partial charge in [-0.15, -0.1) is 0 Å². The molecule has 4 nitrogen and oxygen atoms in total. The largest absolute Gasteiger partial charge is 0.345 e. The number of hydrogen-bond donors (Lipinski definition) is 3. The first kappa shape index (κ1) is 9.68. The molecule has 4 heteroatoms. The van der Waals surface area contributed by atoms with Crippen molar-refractivity contribution in [2.75, 3.05) is 19.6 Å². The molecule has 0 saturated carbocycles. The van der Waals surface area contributed by atoms with Gasteiger partial charge in [0.15, 0.2) is 0 Å². The zero-order valence-electron chi connectivity index (χ0n) is 8.64. The van der Waals surface area contributed by atoms with Crippen LogP contribution in [0.1, 0.15) is 30.9 Å². The van der Waals surface area contributed by atoms with Crippen molar-refractivity contribution in [2.45, 2.75) is 25.8 Å². The Bertz CT molecular complexity index is 275. The molecule has 0 spiro atoms. The maximum atomic E-state index is 4.36. The highest BCUT2D eigenvalue weighted by Crippen LogP contribution is 2.11. The second-order valence-corrected chi connectivity index (χ2v) is 3.75. The molecule has 2 heterocycles. The van der Waals surface area contributed by atoms with Crippen LogP contribution in [0.5, 0.6) is 0 Å². The molecule has 1 aliphatic heterocycles. The molecule has 1 unspecified atom stereocenters. The SMILES string of the molecule is CCCc1ncc(C2CNCCN2)[nH]1. The average molecular weight is 194 g/mol. The van der Waals surface area contributed by atoms with E-state index in [9.17, 15) is 0 Å². The lowest BCUT2D eigenvalue weighted by molar-refractivity contribution is 0.424. The maximum absolute atomic E-state index is 4.36. The quantitative estimate of drug-likeness (QED) is 0.660. The summed E-state index contributed by atoms with van der Waals surface area (Å²) in [5.41, 5.74) is 1.21. The Morgan fingerprint density at radius 1 is 1.50 bits per heavy atom. The molecule has 1 aliphatic rings. The van der Waals surface area contributed by atoms with E-state index in [1.165, 1.54) is 5.69 Å². The molecule has 0 radical (unpaired) electrons. The fourth-order valence-corrected chi connectivity index (χ4v) is 1.79. The van der Waals surface area contributed by atoms with Crippen LogP contribution in [0.4, 0.5) is 0 Å². The number of hydrogen-bond acceptors (Lipinski definition) is 3. The minimum atomic E-state index is 0.404. The summed E-state index contributed by atoms with van der Waals surface area (Å²) in [5.74, 6) is 1.11. The Kier molecular flexibility index (Phi) is 3.16. The summed E-state index contributed by atoms with van der Waals surface area (Å²) in [7, 11) is 0. The van der Waals surface area contributed by atoms with Crippen molar-refractivity contribution in [1.82, 2.24) is 20.6 Å². The van der Waals surface area contributed by atoms with Crippen LogP contribution in [0.3, 0.4) is 0 Å². The third-order valence-corrected chi connectivity index (χ3v) is 2.55. The second-order valence-electron chi connectivity index (χ2n) is 3.75. The molecular weight excluding hydrogens is 176 g/mol. The van der Waals surface area contributed by atoms with E-state index in [1.807, 2.05) is 6.20 Å². The number of nitrogens with one attached hydrogen (secondary N) is 3. The standard InChI is InChI=1S/C10H18N4/c1-2-3-10-13-7-9(14-10)8-6-11-4-5-12-8/h7-8,11-12H,2-6H2,1H3,(H,13,14). The number of H-pyrrole nitrogens is 1. The molecule has 1 aromatic heterocycles. The lowest BCUT2D eigenvalue weighted by Gasteiger charge is -2.23. The summed E-state index contributed by atoms with van der Waals surface area (Å²) in [6.07, 6.45) is 4.14. The highest BCUT2D eigenvalue weighted by atomic mass is 15.1. The van der Waals surface area contributed by atoms with Gasteiger partial charge in [0.2, 0.25) is 0 Å². The summed E-state index contributed by atoms with van der Waals surface area (Å²) in [5, 5.41) is 6.82. The Balaban J connectivity index is 2.00. The van der Waals surface area contributed by atoms with Crippen molar-refractivity contribution >= 4 is 0 Å². The van der Waals surface area contributed by atoms with E-state index >= 15 is 0 Å². The molecule has 1 saturated heterocycles. The normalized spacial score (nSPS) is 22.5. The van der Waals surface area contributed by atoms with Gasteiger partial charge in [-0.05, 0) is 6.42 Å². The Morgan fingerprint density at radius 2 is 2.43 bits per heavy atom. The van der Waals surface area contributed by atoms with Gasteiger partial charge in [0.25, 0.3) is 0 Å². The van der Waals surface area contributed by atoms with E-state index in [2.05, 4.69) is 27.5 Å². The summed E-state index contributed by atoms with van der Waals surface area (Å²) in [6.45, 7) is 5.26. The van der Waals surface area contributed by atoms with Crippen LogP contribution in [-0.2, 0) is 6.42 Å². The zero-order chi connectivity index (χ0) is 9.80. The van der Waals surface area contributed by atoms with Gasteiger partial charge in [0.05, 0.1) is 11.7 Å². The number of rotatable bonds is 3. The number of aromatic nitrogens is 2. The van der Waals surface area contributed by atoms with Crippen LogP contribution in [0, 0.1) is 0 Å². The van der Waals surface area contributed by atoms with Gasteiger partial charge >= 0.3 is 0 Å². The Labute approximate surface area is 84.5 Å². The van der Waals surface area contributed by atoms with Gasteiger partial charge in [-0.25, -0.2) is 4.98 Å². The first-order chi connectivity index (χ1) is 6.90. The molecule has 0 aromatic carbocycles. The highest BCUT2D eigenvalue weighted by molar-refractivity contribution is 5.08. The zero-order valence-corrected chi connectivity index (χ0v) is 8.64. The molecule has 14 heavy (non-hydrogen) atoms. The number of aromatic amines is 1. The number of imidazole rings is 1. The fourth-order valence-electron chi connectivity index (χ4n) is 1.79. The summed E-state index contributed by atoms with van der Waals surface area (Å²) < 4.78 is 0. The molecule has 0 amide bonds. The van der Waals surface area contributed by atoms with E-state index in [0.717, 1.165) is 38.3 Å². The maximum Gasteiger partial charge on any atom is 0.106 e. The van der Waals surface area contributed by atoms with Crippen LogP contribution in [0.25, 0.3) is 0 Å². The molecule has 3 N–H and O–H groups in total. The lowest BCUT2D eigenvalue weighted by Crippen LogP contribution is -2.42. The number of aryl methyl sites for hydroxylation is 1. The van der Waals surface area contributed by atoms with Crippen molar-refractivity contribution in [3.63, 3.8) is 0 Å². The van der Waals surface area contributed by atoms with Crippen molar-refractivity contribution in [1.29, 1.82) is 0 Å². The monoisotopic (exact) mass is 194 g/mol. The van der Waals surface area contributed by atoms with Gasteiger partial charge in [0.1, 0.15) is 5.82 Å². The van der Waals surface area contributed by atoms with Crippen LogP contribution >= 0.6 is 0 Å². The predicted molar refractivity (Wildman–Crippen MR) is 56.2 cm³/mol. The smallest absolute Gasteiger partial charge is 0.106 e. The van der Waals surface area contributed by atoms with Gasteiger partial charge < -0.3 is 15.6 Å². The summed E-state index contributed by atoms with van der Waals surface area (Å²) >= 11 is 0. The fraction of sp³-hybridized carbons (Fsp3) is 0.700.